The van der Waals surface area contributed by atoms with Crippen molar-refractivity contribution in [2.24, 2.45) is 17.6 Å². The van der Waals surface area contributed by atoms with Gasteiger partial charge in [0.15, 0.2) is 0 Å². The SMILES string of the molecule is CCCCOCCCOc1ccc(-c2nnc([C@]3(N)CC(C)C[C@@H]3C)s2)cc1C(F)(F)F. The van der Waals surface area contributed by atoms with Gasteiger partial charge in [0.1, 0.15) is 15.8 Å². The van der Waals surface area contributed by atoms with Crippen molar-refractivity contribution in [3.63, 3.8) is 0 Å². The fourth-order valence-corrected chi connectivity index (χ4v) is 5.27. The molecule has 1 aromatic carbocycles. The number of nitrogens with zero attached hydrogens (tertiary/aromatic N) is 2. The maximum absolute atomic E-state index is 13.7. The summed E-state index contributed by atoms with van der Waals surface area (Å²) in [6.45, 7) is 7.59. The van der Waals surface area contributed by atoms with Gasteiger partial charge in [0.05, 0.1) is 17.7 Å². The first-order valence-electron chi connectivity index (χ1n) is 11.2. The zero-order chi connectivity index (χ0) is 23.4. The lowest BCUT2D eigenvalue weighted by molar-refractivity contribution is -0.138. The number of nitrogens with two attached hydrogens (primary N) is 1. The van der Waals surface area contributed by atoms with Crippen LogP contribution in [-0.4, -0.2) is 30.0 Å². The molecule has 1 aromatic heterocycles. The van der Waals surface area contributed by atoms with Crippen LogP contribution in [-0.2, 0) is 16.5 Å². The third-order valence-electron chi connectivity index (χ3n) is 6.01. The van der Waals surface area contributed by atoms with Crippen LogP contribution in [0.4, 0.5) is 13.2 Å². The van der Waals surface area contributed by atoms with E-state index in [0.717, 1.165) is 31.7 Å². The van der Waals surface area contributed by atoms with Crippen molar-refractivity contribution < 1.29 is 22.6 Å². The number of aromatic nitrogens is 2. The third-order valence-corrected chi connectivity index (χ3v) is 7.18. The van der Waals surface area contributed by atoms with Gasteiger partial charge in [-0.15, -0.1) is 10.2 Å². The Labute approximate surface area is 191 Å². The highest BCUT2D eigenvalue weighted by Gasteiger charge is 2.44. The second-order valence-electron chi connectivity index (χ2n) is 8.78. The van der Waals surface area contributed by atoms with Gasteiger partial charge in [-0.1, -0.05) is 38.5 Å². The molecule has 178 valence electrons. The molecule has 3 rings (SSSR count). The van der Waals surface area contributed by atoms with E-state index in [-0.39, 0.29) is 18.3 Å². The van der Waals surface area contributed by atoms with Crippen LogP contribution in [0.3, 0.4) is 0 Å². The van der Waals surface area contributed by atoms with Crippen LogP contribution in [0.25, 0.3) is 10.6 Å². The molecule has 5 nitrogen and oxygen atoms in total. The molecule has 2 aromatic rings. The molecule has 3 atom stereocenters. The van der Waals surface area contributed by atoms with Gasteiger partial charge in [0, 0.05) is 25.2 Å². The van der Waals surface area contributed by atoms with Crippen molar-refractivity contribution in [1.29, 1.82) is 0 Å². The summed E-state index contributed by atoms with van der Waals surface area (Å²) in [4.78, 5) is 0. The van der Waals surface area contributed by atoms with Crippen molar-refractivity contribution in [1.82, 2.24) is 10.2 Å². The highest BCUT2D eigenvalue weighted by molar-refractivity contribution is 7.14. The third kappa shape index (κ3) is 5.80. The van der Waals surface area contributed by atoms with Gasteiger partial charge in [0.25, 0.3) is 0 Å². The monoisotopic (exact) mass is 471 g/mol. The van der Waals surface area contributed by atoms with Gasteiger partial charge in [-0.2, -0.15) is 13.2 Å². The highest BCUT2D eigenvalue weighted by Crippen LogP contribution is 2.46. The number of halogens is 3. The molecule has 9 heteroatoms. The maximum Gasteiger partial charge on any atom is 0.419 e. The Morgan fingerprint density at radius 1 is 1.16 bits per heavy atom. The predicted octanol–water partition coefficient (Wildman–Crippen LogP) is 6.03. The van der Waals surface area contributed by atoms with Gasteiger partial charge in [-0.3, -0.25) is 0 Å². The van der Waals surface area contributed by atoms with Crippen molar-refractivity contribution in [3.8, 4) is 16.3 Å². The van der Waals surface area contributed by atoms with Crippen molar-refractivity contribution in [3.05, 3.63) is 28.8 Å². The van der Waals surface area contributed by atoms with Crippen LogP contribution >= 0.6 is 11.3 Å². The summed E-state index contributed by atoms with van der Waals surface area (Å²) in [5.74, 6) is 0.534. The number of rotatable bonds is 10. The predicted molar refractivity (Wildman–Crippen MR) is 120 cm³/mol. The molecular formula is C23H32F3N3O2S. The lowest BCUT2D eigenvalue weighted by Gasteiger charge is -2.25. The molecule has 1 saturated carbocycles. The maximum atomic E-state index is 13.7. The molecule has 0 amide bonds. The van der Waals surface area contributed by atoms with Crippen LogP contribution < -0.4 is 10.5 Å². The molecule has 0 aliphatic heterocycles. The second-order valence-corrected chi connectivity index (χ2v) is 9.75. The molecular weight excluding hydrogens is 439 g/mol. The summed E-state index contributed by atoms with van der Waals surface area (Å²) < 4.78 is 52.0. The molecule has 0 radical (unpaired) electrons. The minimum absolute atomic E-state index is 0.156. The van der Waals surface area contributed by atoms with Crippen LogP contribution in [0, 0.1) is 11.8 Å². The van der Waals surface area contributed by atoms with E-state index in [9.17, 15) is 13.2 Å². The fourth-order valence-electron chi connectivity index (χ4n) is 4.20. The number of ether oxygens (including phenoxy) is 2. The summed E-state index contributed by atoms with van der Waals surface area (Å²) in [6, 6.07) is 4.04. The van der Waals surface area contributed by atoms with Crippen molar-refractivity contribution >= 4 is 11.3 Å². The Morgan fingerprint density at radius 3 is 2.56 bits per heavy atom. The molecule has 1 unspecified atom stereocenters. The number of unbranched alkanes of at least 4 members (excludes halogenated alkanes) is 1. The number of hydrogen-bond acceptors (Lipinski definition) is 6. The summed E-state index contributed by atoms with van der Waals surface area (Å²) in [7, 11) is 0. The van der Waals surface area contributed by atoms with E-state index in [1.54, 1.807) is 6.07 Å². The van der Waals surface area contributed by atoms with Gasteiger partial charge in [-0.05, 0) is 49.3 Å². The van der Waals surface area contributed by atoms with Gasteiger partial charge in [0.2, 0.25) is 0 Å². The standard InChI is InChI=1S/C23H32F3N3O2S/c1-4-5-9-30-10-6-11-31-19-8-7-17(13-18(19)23(24,25)26)20-28-29-21(32-20)22(27)14-15(2)12-16(22)3/h7-8,13,15-16H,4-6,9-12,14,27H2,1-3H3/t15?,16-,22-/m0/s1. The molecule has 1 aliphatic rings. The van der Waals surface area contributed by atoms with Gasteiger partial charge in [-0.25, -0.2) is 0 Å². The van der Waals surface area contributed by atoms with Crippen molar-refractivity contribution in [2.45, 2.75) is 64.6 Å². The van der Waals surface area contributed by atoms with E-state index in [1.165, 1.54) is 17.4 Å². The van der Waals surface area contributed by atoms with E-state index in [1.807, 2.05) is 0 Å². The Balaban J connectivity index is 1.73. The Morgan fingerprint density at radius 2 is 1.91 bits per heavy atom. The van der Waals surface area contributed by atoms with E-state index >= 15 is 0 Å². The molecule has 1 heterocycles. The molecule has 0 saturated heterocycles. The normalized spacial score (nSPS) is 23.6. The first kappa shape index (κ1) is 24.9. The van der Waals surface area contributed by atoms with E-state index in [2.05, 4.69) is 31.0 Å². The van der Waals surface area contributed by atoms with Crippen LogP contribution in [0.5, 0.6) is 5.75 Å². The zero-order valence-electron chi connectivity index (χ0n) is 18.9. The zero-order valence-corrected chi connectivity index (χ0v) is 19.7. The molecule has 1 fully saturated rings. The smallest absolute Gasteiger partial charge is 0.419 e. The number of hydrogen-bond donors (Lipinski definition) is 1. The number of benzene rings is 1. The summed E-state index contributed by atoms with van der Waals surface area (Å²) in [5.41, 5.74) is 5.60. The lowest BCUT2D eigenvalue weighted by atomic mass is 9.90. The van der Waals surface area contributed by atoms with Gasteiger partial charge >= 0.3 is 6.18 Å². The largest absolute Gasteiger partial charge is 0.493 e. The van der Waals surface area contributed by atoms with Crippen LogP contribution in [0.1, 0.15) is 63.4 Å². The number of alkyl halides is 3. The lowest BCUT2D eigenvalue weighted by Crippen LogP contribution is -2.39. The summed E-state index contributed by atoms with van der Waals surface area (Å²) in [5, 5.41) is 9.53. The minimum atomic E-state index is -4.54. The Hall–Kier alpha value is -1.71. The topological polar surface area (TPSA) is 70.3 Å². The first-order chi connectivity index (χ1) is 15.1. The van der Waals surface area contributed by atoms with Crippen molar-refractivity contribution in [2.75, 3.05) is 19.8 Å². The second kappa shape index (κ2) is 10.5. The minimum Gasteiger partial charge on any atom is -0.493 e. The highest BCUT2D eigenvalue weighted by atomic mass is 32.1. The van der Waals surface area contributed by atoms with E-state index in [0.29, 0.717) is 41.1 Å². The average Bonchev–Trinajstić information content (AvgIpc) is 3.32. The molecule has 0 bridgehead atoms. The molecule has 1 aliphatic carbocycles. The van der Waals surface area contributed by atoms with E-state index < -0.39 is 17.3 Å². The quantitative estimate of drug-likeness (QED) is 0.429. The van der Waals surface area contributed by atoms with Crippen LogP contribution in [0.15, 0.2) is 18.2 Å². The summed E-state index contributed by atoms with van der Waals surface area (Å²) in [6.07, 6.45) is -0.209. The first-order valence-corrected chi connectivity index (χ1v) is 12.0. The van der Waals surface area contributed by atoms with Gasteiger partial charge < -0.3 is 15.2 Å². The molecule has 0 spiro atoms. The molecule has 32 heavy (non-hydrogen) atoms. The Kier molecular flexibility index (Phi) is 8.16. The Bertz CT molecular complexity index is 890. The fraction of sp³-hybridized carbons (Fsp3) is 0.652. The van der Waals surface area contributed by atoms with E-state index in [4.69, 9.17) is 15.2 Å². The average molecular weight is 472 g/mol. The van der Waals surface area contributed by atoms with Crippen LogP contribution in [0.2, 0.25) is 0 Å². The molecule has 2 N–H and O–H groups in total. The summed E-state index contributed by atoms with van der Waals surface area (Å²) >= 11 is 1.27.